The standard InChI is InChI=1S/C11H12N6O2/c1-7(18)13-9-4-2-3-8(5-9)11(19)12-6-10-14-16-17-15-10/h2-5H,6H2,1H3,(H,12,19)(H,13,18)(H,14,15,16,17). The van der Waals surface area contributed by atoms with Gasteiger partial charge in [0, 0.05) is 18.2 Å². The number of aromatic nitrogens is 4. The third-order valence-electron chi connectivity index (χ3n) is 2.24. The fraction of sp³-hybridized carbons (Fsp3) is 0.182. The van der Waals surface area contributed by atoms with Crippen molar-refractivity contribution in [1.82, 2.24) is 25.9 Å². The lowest BCUT2D eigenvalue weighted by Crippen LogP contribution is -2.23. The molecule has 8 heteroatoms. The van der Waals surface area contributed by atoms with Gasteiger partial charge in [-0.05, 0) is 18.2 Å². The van der Waals surface area contributed by atoms with Crippen LogP contribution in [0.1, 0.15) is 23.1 Å². The van der Waals surface area contributed by atoms with E-state index in [-0.39, 0.29) is 18.4 Å². The van der Waals surface area contributed by atoms with Crippen molar-refractivity contribution in [3.8, 4) is 0 Å². The van der Waals surface area contributed by atoms with Crippen LogP contribution in [0.15, 0.2) is 24.3 Å². The number of aromatic amines is 1. The fourth-order valence-corrected chi connectivity index (χ4v) is 1.46. The number of anilines is 1. The van der Waals surface area contributed by atoms with Gasteiger partial charge in [-0.2, -0.15) is 5.21 Å². The van der Waals surface area contributed by atoms with Gasteiger partial charge in [0.25, 0.3) is 5.91 Å². The number of hydrogen-bond donors (Lipinski definition) is 3. The van der Waals surface area contributed by atoms with Gasteiger partial charge >= 0.3 is 0 Å². The van der Waals surface area contributed by atoms with Crippen molar-refractivity contribution in [2.75, 3.05) is 5.32 Å². The fourth-order valence-electron chi connectivity index (χ4n) is 1.46. The Morgan fingerprint density at radius 1 is 1.37 bits per heavy atom. The summed E-state index contributed by atoms with van der Waals surface area (Å²) in [6.45, 7) is 1.59. The summed E-state index contributed by atoms with van der Waals surface area (Å²) in [4.78, 5) is 22.8. The van der Waals surface area contributed by atoms with Crippen LogP contribution in [0.4, 0.5) is 5.69 Å². The van der Waals surface area contributed by atoms with E-state index in [0.717, 1.165) is 0 Å². The SMILES string of the molecule is CC(=O)Nc1cccc(C(=O)NCc2nn[nH]n2)c1. The molecule has 0 fully saturated rings. The highest BCUT2D eigenvalue weighted by molar-refractivity contribution is 5.96. The number of nitrogens with zero attached hydrogens (tertiary/aromatic N) is 3. The van der Waals surface area contributed by atoms with Crippen LogP contribution in [0.2, 0.25) is 0 Å². The van der Waals surface area contributed by atoms with Crippen LogP contribution in [0.5, 0.6) is 0 Å². The van der Waals surface area contributed by atoms with Crippen LogP contribution in [-0.2, 0) is 11.3 Å². The first-order chi connectivity index (χ1) is 9.15. The topological polar surface area (TPSA) is 113 Å². The highest BCUT2D eigenvalue weighted by atomic mass is 16.2. The van der Waals surface area contributed by atoms with Crippen molar-refractivity contribution in [3.05, 3.63) is 35.7 Å². The Kier molecular flexibility index (Phi) is 3.81. The molecule has 0 saturated heterocycles. The summed E-state index contributed by atoms with van der Waals surface area (Å²) in [6.07, 6.45) is 0. The number of benzene rings is 1. The molecule has 8 nitrogen and oxygen atoms in total. The lowest BCUT2D eigenvalue weighted by atomic mass is 10.2. The Hall–Kier alpha value is -2.77. The van der Waals surface area contributed by atoms with Crippen LogP contribution >= 0.6 is 0 Å². The number of nitrogens with one attached hydrogen (secondary N) is 3. The van der Waals surface area contributed by atoms with E-state index in [1.165, 1.54) is 6.92 Å². The Balaban J connectivity index is 2.00. The van der Waals surface area contributed by atoms with E-state index in [2.05, 4.69) is 31.3 Å². The number of carbonyl (C=O) groups excluding carboxylic acids is 2. The summed E-state index contributed by atoms with van der Waals surface area (Å²) < 4.78 is 0. The van der Waals surface area contributed by atoms with E-state index in [4.69, 9.17) is 0 Å². The average molecular weight is 260 g/mol. The maximum Gasteiger partial charge on any atom is 0.251 e. The molecule has 2 aromatic rings. The van der Waals surface area contributed by atoms with Crippen molar-refractivity contribution in [2.45, 2.75) is 13.5 Å². The molecule has 3 N–H and O–H groups in total. The molecule has 2 rings (SSSR count). The summed E-state index contributed by atoms with van der Waals surface area (Å²) >= 11 is 0. The molecule has 0 saturated carbocycles. The van der Waals surface area contributed by atoms with Crippen LogP contribution in [0, 0.1) is 0 Å². The molecule has 19 heavy (non-hydrogen) atoms. The highest BCUT2D eigenvalue weighted by Crippen LogP contribution is 2.10. The molecule has 0 aliphatic heterocycles. The first kappa shape index (κ1) is 12.7. The minimum atomic E-state index is -0.281. The molecule has 0 aliphatic carbocycles. The quantitative estimate of drug-likeness (QED) is 0.721. The van der Waals surface area contributed by atoms with Gasteiger partial charge in [-0.3, -0.25) is 9.59 Å². The summed E-state index contributed by atoms with van der Waals surface area (Å²) in [5.41, 5.74) is 1.01. The Morgan fingerprint density at radius 2 is 2.21 bits per heavy atom. The number of hydrogen-bond acceptors (Lipinski definition) is 5. The van der Waals surface area contributed by atoms with Gasteiger partial charge in [0.15, 0.2) is 5.82 Å². The molecule has 0 radical (unpaired) electrons. The van der Waals surface area contributed by atoms with E-state index in [1.54, 1.807) is 24.3 Å². The monoisotopic (exact) mass is 260 g/mol. The lowest BCUT2D eigenvalue weighted by molar-refractivity contribution is -0.114. The minimum absolute atomic E-state index is 0.180. The first-order valence-electron chi connectivity index (χ1n) is 5.53. The van der Waals surface area contributed by atoms with Crippen molar-refractivity contribution in [1.29, 1.82) is 0 Å². The molecule has 0 aliphatic rings. The summed E-state index contributed by atoms with van der Waals surface area (Å²) in [7, 11) is 0. The molecule has 1 aromatic heterocycles. The number of H-pyrrole nitrogens is 1. The van der Waals surface area contributed by atoms with Gasteiger partial charge < -0.3 is 10.6 Å². The normalized spacial score (nSPS) is 9.95. The summed E-state index contributed by atoms with van der Waals surface area (Å²) in [5.74, 6) is -0.0762. The van der Waals surface area contributed by atoms with E-state index in [9.17, 15) is 9.59 Å². The molecule has 0 bridgehead atoms. The van der Waals surface area contributed by atoms with Gasteiger partial charge in [0.05, 0.1) is 6.54 Å². The second-order valence-electron chi connectivity index (χ2n) is 3.77. The smallest absolute Gasteiger partial charge is 0.251 e. The van der Waals surface area contributed by atoms with E-state index in [1.807, 2.05) is 0 Å². The minimum Gasteiger partial charge on any atom is -0.345 e. The Bertz CT molecular complexity index is 581. The molecule has 1 aromatic carbocycles. The lowest BCUT2D eigenvalue weighted by Gasteiger charge is -2.05. The average Bonchev–Trinajstić information content (AvgIpc) is 2.88. The first-order valence-corrected chi connectivity index (χ1v) is 5.53. The molecular formula is C11H12N6O2. The van der Waals surface area contributed by atoms with E-state index < -0.39 is 0 Å². The maximum absolute atomic E-state index is 11.9. The molecule has 0 unspecified atom stereocenters. The van der Waals surface area contributed by atoms with Crippen molar-refractivity contribution in [2.24, 2.45) is 0 Å². The zero-order chi connectivity index (χ0) is 13.7. The van der Waals surface area contributed by atoms with Gasteiger partial charge in [-0.1, -0.05) is 11.3 Å². The maximum atomic E-state index is 11.9. The number of rotatable bonds is 4. The summed E-state index contributed by atoms with van der Waals surface area (Å²) in [6, 6.07) is 6.63. The second-order valence-corrected chi connectivity index (χ2v) is 3.77. The van der Waals surface area contributed by atoms with Gasteiger partial charge in [0.2, 0.25) is 5.91 Å². The number of carbonyl (C=O) groups is 2. The molecule has 0 spiro atoms. The van der Waals surface area contributed by atoms with Crippen LogP contribution in [0.25, 0.3) is 0 Å². The van der Waals surface area contributed by atoms with Gasteiger partial charge in [-0.15, -0.1) is 10.2 Å². The Labute approximate surface area is 108 Å². The van der Waals surface area contributed by atoms with Crippen LogP contribution in [-0.4, -0.2) is 32.4 Å². The van der Waals surface area contributed by atoms with Crippen molar-refractivity contribution < 1.29 is 9.59 Å². The van der Waals surface area contributed by atoms with Crippen molar-refractivity contribution in [3.63, 3.8) is 0 Å². The number of amides is 2. The van der Waals surface area contributed by atoms with E-state index in [0.29, 0.717) is 17.1 Å². The third-order valence-corrected chi connectivity index (χ3v) is 2.24. The molecule has 1 heterocycles. The molecule has 0 atom stereocenters. The largest absolute Gasteiger partial charge is 0.345 e. The predicted molar refractivity (Wildman–Crippen MR) is 66.1 cm³/mol. The Morgan fingerprint density at radius 3 is 2.89 bits per heavy atom. The second kappa shape index (κ2) is 5.71. The van der Waals surface area contributed by atoms with Gasteiger partial charge in [-0.25, -0.2) is 0 Å². The van der Waals surface area contributed by atoms with Gasteiger partial charge in [0.1, 0.15) is 0 Å². The van der Waals surface area contributed by atoms with Crippen LogP contribution < -0.4 is 10.6 Å². The predicted octanol–water partition coefficient (Wildman–Crippen LogP) is 0.0881. The van der Waals surface area contributed by atoms with E-state index >= 15 is 0 Å². The zero-order valence-electron chi connectivity index (χ0n) is 10.2. The summed E-state index contributed by atoms with van der Waals surface area (Å²) in [5, 5.41) is 18.4. The molecule has 2 amide bonds. The number of tetrazole rings is 1. The van der Waals surface area contributed by atoms with Crippen molar-refractivity contribution >= 4 is 17.5 Å². The zero-order valence-corrected chi connectivity index (χ0v) is 10.2. The molecule has 98 valence electrons. The molecular weight excluding hydrogens is 248 g/mol. The van der Waals surface area contributed by atoms with Crippen LogP contribution in [0.3, 0.4) is 0 Å². The third kappa shape index (κ3) is 3.60. The highest BCUT2D eigenvalue weighted by Gasteiger charge is 2.07.